The van der Waals surface area contributed by atoms with Gasteiger partial charge in [0.2, 0.25) is 5.75 Å². The van der Waals surface area contributed by atoms with Gasteiger partial charge in [-0.2, -0.15) is 0 Å². The maximum absolute atomic E-state index is 11.9. The lowest BCUT2D eigenvalue weighted by Crippen LogP contribution is -2.12. The Morgan fingerprint density at radius 1 is 1.15 bits per heavy atom. The minimum Gasteiger partial charge on any atom is -0.493 e. The fourth-order valence-electron chi connectivity index (χ4n) is 1.68. The van der Waals surface area contributed by atoms with Gasteiger partial charge in [0.1, 0.15) is 6.26 Å². The molecule has 1 heterocycles. The molecule has 7 heteroatoms. The Hall–Kier alpha value is -2.70. The minimum atomic E-state index is -0.395. The maximum atomic E-state index is 11.9. The van der Waals surface area contributed by atoms with Crippen LogP contribution in [-0.2, 0) is 0 Å². The third kappa shape index (κ3) is 2.66. The first kappa shape index (κ1) is 13.7. The van der Waals surface area contributed by atoms with Crippen molar-refractivity contribution in [2.24, 2.45) is 0 Å². The van der Waals surface area contributed by atoms with E-state index in [9.17, 15) is 4.79 Å². The molecule has 0 saturated carbocycles. The summed E-state index contributed by atoms with van der Waals surface area (Å²) in [6.07, 6.45) is 1.32. The smallest absolute Gasteiger partial charge is 0.277 e. The van der Waals surface area contributed by atoms with Crippen LogP contribution >= 0.6 is 0 Å². The first-order chi connectivity index (χ1) is 9.69. The van der Waals surface area contributed by atoms with Gasteiger partial charge in [-0.1, -0.05) is 5.16 Å². The molecule has 0 aliphatic rings. The number of anilines is 1. The van der Waals surface area contributed by atoms with Gasteiger partial charge < -0.3 is 24.1 Å². The van der Waals surface area contributed by atoms with E-state index >= 15 is 0 Å². The van der Waals surface area contributed by atoms with Crippen molar-refractivity contribution in [2.75, 3.05) is 26.6 Å². The lowest BCUT2D eigenvalue weighted by Gasteiger charge is -2.14. The van der Waals surface area contributed by atoms with Crippen molar-refractivity contribution in [3.8, 4) is 17.2 Å². The van der Waals surface area contributed by atoms with Crippen molar-refractivity contribution in [1.29, 1.82) is 0 Å². The van der Waals surface area contributed by atoms with Crippen LogP contribution in [0.3, 0.4) is 0 Å². The molecule has 0 aliphatic carbocycles. The molecule has 1 aromatic heterocycles. The van der Waals surface area contributed by atoms with Gasteiger partial charge in [-0.05, 0) is 0 Å². The second kappa shape index (κ2) is 5.96. The highest BCUT2D eigenvalue weighted by atomic mass is 16.5. The average molecular weight is 278 g/mol. The fraction of sp³-hybridized carbons (Fsp3) is 0.231. The van der Waals surface area contributed by atoms with Gasteiger partial charge in [-0.3, -0.25) is 4.79 Å². The normalized spacial score (nSPS) is 9.95. The predicted octanol–water partition coefficient (Wildman–Crippen LogP) is 1.95. The number of nitrogens with one attached hydrogen (secondary N) is 1. The molecule has 2 rings (SSSR count). The zero-order valence-corrected chi connectivity index (χ0v) is 11.3. The molecule has 2 aromatic rings. The van der Waals surface area contributed by atoms with E-state index in [1.807, 2.05) is 0 Å². The molecule has 0 bridgehead atoms. The quantitative estimate of drug-likeness (QED) is 0.900. The van der Waals surface area contributed by atoms with Crippen molar-refractivity contribution in [3.63, 3.8) is 0 Å². The SMILES string of the molecule is COc1cc(NC(=O)c2ccon2)cc(OC)c1OC. The lowest BCUT2D eigenvalue weighted by atomic mass is 10.2. The molecule has 0 saturated heterocycles. The van der Waals surface area contributed by atoms with Crippen LogP contribution in [0.4, 0.5) is 5.69 Å². The number of carbonyl (C=O) groups is 1. The van der Waals surface area contributed by atoms with E-state index in [1.165, 1.54) is 33.7 Å². The molecule has 1 N–H and O–H groups in total. The number of nitrogens with zero attached hydrogens (tertiary/aromatic N) is 1. The van der Waals surface area contributed by atoms with Crippen LogP contribution in [0, 0.1) is 0 Å². The Balaban J connectivity index is 2.30. The second-order valence-corrected chi connectivity index (χ2v) is 3.75. The molecule has 106 valence electrons. The van der Waals surface area contributed by atoms with Gasteiger partial charge in [0.25, 0.3) is 5.91 Å². The molecule has 0 radical (unpaired) electrons. The third-order valence-corrected chi connectivity index (χ3v) is 2.59. The van der Waals surface area contributed by atoms with Gasteiger partial charge in [-0.25, -0.2) is 0 Å². The van der Waals surface area contributed by atoms with E-state index in [0.29, 0.717) is 22.9 Å². The molecule has 1 amide bonds. The average Bonchev–Trinajstić information content (AvgIpc) is 3.00. The van der Waals surface area contributed by atoms with Crippen molar-refractivity contribution in [3.05, 3.63) is 30.2 Å². The van der Waals surface area contributed by atoms with Crippen LogP contribution in [0.5, 0.6) is 17.2 Å². The van der Waals surface area contributed by atoms with Crippen LogP contribution in [-0.4, -0.2) is 32.4 Å². The molecule has 20 heavy (non-hydrogen) atoms. The van der Waals surface area contributed by atoms with E-state index in [4.69, 9.17) is 14.2 Å². The monoisotopic (exact) mass is 278 g/mol. The van der Waals surface area contributed by atoms with Crippen molar-refractivity contribution < 1.29 is 23.5 Å². The van der Waals surface area contributed by atoms with Gasteiger partial charge in [0.05, 0.1) is 21.3 Å². The van der Waals surface area contributed by atoms with Gasteiger partial charge in [-0.15, -0.1) is 0 Å². The number of hydrogen-bond acceptors (Lipinski definition) is 6. The highest BCUT2D eigenvalue weighted by Gasteiger charge is 2.16. The van der Waals surface area contributed by atoms with E-state index in [1.54, 1.807) is 12.1 Å². The molecule has 0 fully saturated rings. The standard InChI is InChI=1S/C13H14N2O5/c1-17-10-6-8(7-11(18-2)12(10)19-3)14-13(16)9-4-5-20-15-9/h4-7H,1-3H3,(H,14,16). The number of benzene rings is 1. The third-order valence-electron chi connectivity index (χ3n) is 2.59. The largest absolute Gasteiger partial charge is 0.493 e. The van der Waals surface area contributed by atoms with Crippen LogP contribution in [0.25, 0.3) is 0 Å². The van der Waals surface area contributed by atoms with Gasteiger partial charge >= 0.3 is 0 Å². The van der Waals surface area contributed by atoms with Crippen molar-refractivity contribution in [1.82, 2.24) is 5.16 Å². The first-order valence-electron chi connectivity index (χ1n) is 5.71. The Labute approximate surface area is 115 Å². The van der Waals surface area contributed by atoms with Crippen molar-refractivity contribution >= 4 is 11.6 Å². The summed E-state index contributed by atoms with van der Waals surface area (Å²) in [5, 5.41) is 6.23. The zero-order valence-electron chi connectivity index (χ0n) is 11.3. The molecule has 0 unspecified atom stereocenters. The molecule has 1 aromatic carbocycles. The second-order valence-electron chi connectivity index (χ2n) is 3.75. The first-order valence-corrected chi connectivity index (χ1v) is 5.71. The van der Waals surface area contributed by atoms with E-state index < -0.39 is 5.91 Å². The van der Waals surface area contributed by atoms with Crippen LogP contribution in [0.1, 0.15) is 10.5 Å². The number of carbonyl (C=O) groups excluding carboxylic acids is 1. The summed E-state index contributed by atoms with van der Waals surface area (Å²) >= 11 is 0. The number of rotatable bonds is 5. The molecular weight excluding hydrogens is 264 g/mol. The van der Waals surface area contributed by atoms with E-state index in [2.05, 4.69) is 15.0 Å². The van der Waals surface area contributed by atoms with E-state index in [0.717, 1.165) is 0 Å². The summed E-state index contributed by atoms with van der Waals surface area (Å²) in [5.74, 6) is 0.951. The highest BCUT2D eigenvalue weighted by molar-refractivity contribution is 6.03. The molecule has 7 nitrogen and oxygen atoms in total. The molecule has 0 atom stereocenters. The summed E-state index contributed by atoms with van der Waals surface area (Å²) in [4.78, 5) is 11.9. The van der Waals surface area contributed by atoms with Gasteiger partial charge in [0.15, 0.2) is 17.2 Å². The fourth-order valence-corrected chi connectivity index (χ4v) is 1.68. The van der Waals surface area contributed by atoms with Gasteiger partial charge in [0, 0.05) is 23.9 Å². The van der Waals surface area contributed by atoms with Crippen LogP contribution in [0.15, 0.2) is 29.0 Å². The van der Waals surface area contributed by atoms with Crippen molar-refractivity contribution in [2.45, 2.75) is 0 Å². The summed E-state index contributed by atoms with van der Waals surface area (Å²) in [5.41, 5.74) is 0.672. The van der Waals surface area contributed by atoms with Crippen LogP contribution < -0.4 is 19.5 Å². The number of amides is 1. The Morgan fingerprint density at radius 3 is 2.25 bits per heavy atom. The number of methoxy groups -OCH3 is 3. The Bertz CT molecular complexity index is 570. The predicted molar refractivity (Wildman–Crippen MR) is 70.6 cm³/mol. The Kier molecular flexibility index (Phi) is 4.09. The summed E-state index contributed by atoms with van der Waals surface area (Å²) in [7, 11) is 4.51. The lowest BCUT2D eigenvalue weighted by molar-refractivity contribution is 0.101. The number of ether oxygens (including phenoxy) is 3. The van der Waals surface area contributed by atoms with E-state index in [-0.39, 0.29) is 5.69 Å². The summed E-state index contributed by atoms with van der Waals surface area (Å²) in [6.45, 7) is 0. The minimum absolute atomic E-state index is 0.179. The highest BCUT2D eigenvalue weighted by Crippen LogP contribution is 2.39. The molecule has 0 aliphatic heterocycles. The topological polar surface area (TPSA) is 82.8 Å². The summed E-state index contributed by atoms with van der Waals surface area (Å²) < 4.78 is 20.2. The zero-order chi connectivity index (χ0) is 14.5. The number of aromatic nitrogens is 1. The number of hydrogen-bond donors (Lipinski definition) is 1. The molecular formula is C13H14N2O5. The Morgan fingerprint density at radius 2 is 1.80 bits per heavy atom. The molecule has 0 spiro atoms. The van der Waals surface area contributed by atoms with Crippen LogP contribution in [0.2, 0.25) is 0 Å². The summed E-state index contributed by atoms with van der Waals surface area (Å²) in [6, 6.07) is 4.71. The maximum Gasteiger partial charge on any atom is 0.277 e.